The highest BCUT2D eigenvalue weighted by atomic mass is 35.5. The minimum Gasteiger partial charge on any atom is -0.344 e. The number of benzene rings is 1. The Morgan fingerprint density at radius 2 is 2.12 bits per heavy atom. The number of fused-ring (bicyclic) bond motifs is 1. The SMILES string of the molecule is Cc1nc(Nc2ccc(Cl)cn2)sc1C(=O)NC1CCc2ccccc21. The summed E-state index contributed by atoms with van der Waals surface area (Å²) in [6.07, 6.45) is 3.50. The van der Waals surface area contributed by atoms with E-state index in [4.69, 9.17) is 11.6 Å². The first-order valence-electron chi connectivity index (χ1n) is 8.35. The van der Waals surface area contributed by atoms with Crippen molar-refractivity contribution in [2.24, 2.45) is 0 Å². The third kappa shape index (κ3) is 3.43. The Morgan fingerprint density at radius 3 is 2.92 bits per heavy atom. The van der Waals surface area contributed by atoms with Gasteiger partial charge in [-0.1, -0.05) is 47.2 Å². The van der Waals surface area contributed by atoms with Gasteiger partial charge in [0.1, 0.15) is 10.7 Å². The first kappa shape index (κ1) is 17.0. The predicted octanol–water partition coefficient (Wildman–Crippen LogP) is 4.66. The van der Waals surface area contributed by atoms with Crippen LogP contribution in [0, 0.1) is 6.92 Å². The number of thiazole rings is 1. The minimum atomic E-state index is -0.0844. The van der Waals surface area contributed by atoms with Crippen LogP contribution in [0.4, 0.5) is 10.9 Å². The summed E-state index contributed by atoms with van der Waals surface area (Å²) in [6.45, 7) is 1.84. The van der Waals surface area contributed by atoms with Gasteiger partial charge in [0.05, 0.1) is 16.8 Å². The summed E-state index contributed by atoms with van der Waals surface area (Å²) in [5, 5.41) is 7.47. The average molecular weight is 385 g/mol. The largest absolute Gasteiger partial charge is 0.344 e. The van der Waals surface area contributed by atoms with Crippen LogP contribution in [0.3, 0.4) is 0 Å². The summed E-state index contributed by atoms with van der Waals surface area (Å²) in [5.41, 5.74) is 3.23. The number of pyridine rings is 1. The molecule has 0 bridgehead atoms. The maximum atomic E-state index is 12.7. The smallest absolute Gasteiger partial charge is 0.263 e. The molecule has 26 heavy (non-hydrogen) atoms. The van der Waals surface area contributed by atoms with Gasteiger partial charge in [0.2, 0.25) is 0 Å². The topological polar surface area (TPSA) is 66.9 Å². The second kappa shape index (κ2) is 7.05. The lowest BCUT2D eigenvalue weighted by molar-refractivity contribution is 0.0940. The molecular weight excluding hydrogens is 368 g/mol. The quantitative estimate of drug-likeness (QED) is 0.686. The van der Waals surface area contributed by atoms with Gasteiger partial charge in [-0.15, -0.1) is 0 Å². The normalized spacial score (nSPS) is 15.5. The second-order valence-corrected chi connectivity index (χ2v) is 7.62. The number of hydrogen-bond acceptors (Lipinski definition) is 5. The minimum absolute atomic E-state index is 0.0644. The van der Waals surface area contributed by atoms with Gasteiger partial charge in [-0.05, 0) is 43.0 Å². The molecule has 0 radical (unpaired) electrons. The molecule has 0 fully saturated rings. The van der Waals surface area contributed by atoms with Crippen LogP contribution in [0.1, 0.15) is 39.0 Å². The molecule has 0 spiro atoms. The van der Waals surface area contributed by atoms with Crippen molar-refractivity contribution < 1.29 is 4.79 Å². The van der Waals surface area contributed by atoms with Crippen molar-refractivity contribution in [3.63, 3.8) is 0 Å². The van der Waals surface area contributed by atoms with Gasteiger partial charge in [0, 0.05) is 6.20 Å². The summed E-state index contributed by atoms with van der Waals surface area (Å²) >= 11 is 7.17. The van der Waals surface area contributed by atoms with E-state index < -0.39 is 0 Å². The molecule has 7 heteroatoms. The average Bonchev–Trinajstić information content (AvgIpc) is 3.21. The van der Waals surface area contributed by atoms with E-state index in [1.54, 1.807) is 18.3 Å². The molecule has 0 aliphatic heterocycles. The molecular formula is C19H17ClN4OS. The molecule has 1 aliphatic carbocycles. The molecule has 0 saturated carbocycles. The lowest BCUT2D eigenvalue weighted by Crippen LogP contribution is -2.26. The van der Waals surface area contributed by atoms with Crippen molar-refractivity contribution in [2.45, 2.75) is 25.8 Å². The summed E-state index contributed by atoms with van der Waals surface area (Å²) in [6, 6.07) is 11.9. The number of amides is 1. The Hall–Kier alpha value is -2.44. The van der Waals surface area contributed by atoms with Crippen molar-refractivity contribution in [3.05, 3.63) is 69.3 Å². The lowest BCUT2D eigenvalue weighted by Gasteiger charge is -2.13. The van der Waals surface area contributed by atoms with Gasteiger partial charge >= 0.3 is 0 Å². The first-order valence-corrected chi connectivity index (χ1v) is 9.54. The summed E-state index contributed by atoms with van der Waals surface area (Å²) in [5.74, 6) is 0.554. The van der Waals surface area contributed by atoms with Crippen LogP contribution in [-0.2, 0) is 6.42 Å². The Labute approximate surface area is 160 Å². The molecule has 3 aromatic rings. The first-order chi connectivity index (χ1) is 12.6. The number of rotatable bonds is 4. The van der Waals surface area contributed by atoms with Crippen LogP contribution in [0.15, 0.2) is 42.6 Å². The number of halogens is 1. The molecule has 5 nitrogen and oxygen atoms in total. The Bertz CT molecular complexity index is 954. The van der Waals surface area contributed by atoms with Gasteiger partial charge in [-0.25, -0.2) is 9.97 Å². The third-order valence-corrected chi connectivity index (χ3v) is 5.70. The highest BCUT2D eigenvalue weighted by Gasteiger charge is 2.25. The molecule has 2 N–H and O–H groups in total. The summed E-state index contributed by atoms with van der Waals surface area (Å²) < 4.78 is 0. The van der Waals surface area contributed by atoms with E-state index in [9.17, 15) is 4.79 Å². The predicted molar refractivity (Wildman–Crippen MR) is 104 cm³/mol. The molecule has 2 aromatic heterocycles. The van der Waals surface area contributed by atoms with Gasteiger partial charge in [0.25, 0.3) is 5.91 Å². The molecule has 0 saturated heterocycles. The molecule has 132 valence electrons. The molecule has 1 aliphatic rings. The van der Waals surface area contributed by atoms with E-state index in [2.05, 4.69) is 32.7 Å². The Balaban J connectivity index is 1.49. The van der Waals surface area contributed by atoms with Crippen molar-refractivity contribution in [1.82, 2.24) is 15.3 Å². The number of aryl methyl sites for hydroxylation is 2. The summed E-state index contributed by atoms with van der Waals surface area (Å²) in [4.78, 5) is 22.0. The number of carbonyl (C=O) groups excluding carboxylic acids is 1. The van der Waals surface area contributed by atoms with Crippen LogP contribution < -0.4 is 10.6 Å². The fourth-order valence-corrected chi connectivity index (χ4v) is 4.14. The van der Waals surface area contributed by atoms with Crippen LogP contribution >= 0.6 is 22.9 Å². The molecule has 1 unspecified atom stereocenters. The second-order valence-electron chi connectivity index (χ2n) is 6.18. The Morgan fingerprint density at radius 1 is 1.27 bits per heavy atom. The van der Waals surface area contributed by atoms with E-state index in [0.717, 1.165) is 12.8 Å². The van der Waals surface area contributed by atoms with Gasteiger partial charge < -0.3 is 10.6 Å². The van der Waals surface area contributed by atoms with E-state index in [1.165, 1.54) is 22.5 Å². The number of anilines is 2. The van der Waals surface area contributed by atoms with Gasteiger partial charge in [-0.3, -0.25) is 4.79 Å². The molecule has 1 atom stereocenters. The van der Waals surface area contributed by atoms with E-state index in [0.29, 0.717) is 26.5 Å². The van der Waals surface area contributed by atoms with Crippen molar-refractivity contribution in [2.75, 3.05) is 5.32 Å². The fourth-order valence-electron chi connectivity index (χ4n) is 3.15. The zero-order valence-electron chi connectivity index (χ0n) is 14.1. The highest BCUT2D eigenvalue weighted by molar-refractivity contribution is 7.17. The number of nitrogens with zero attached hydrogens (tertiary/aromatic N) is 2. The van der Waals surface area contributed by atoms with E-state index >= 15 is 0 Å². The van der Waals surface area contributed by atoms with Crippen molar-refractivity contribution in [1.29, 1.82) is 0 Å². The zero-order valence-corrected chi connectivity index (χ0v) is 15.7. The van der Waals surface area contributed by atoms with Crippen LogP contribution in [0.5, 0.6) is 0 Å². The van der Waals surface area contributed by atoms with Crippen LogP contribution in [0.2, 0.25) is 5.02 Å². The number of carbonyl (C=O) groups is 1. The number of nitrogens with one attached hydrogen (secondary N) is 2. The van der Waals surface area contributed by atoms with Crippen LogP contribution in [0.25, 0.3) is 0 Å². The standard InChI is InChI=1S/C19H17ClN4OS/c1-11-17(26-19(22-11)24-16-9-7-13(20)10-21-16)18(25)23-15-8-6-12-4-2-3-5-14(12)15/h2-5,7,9-10,15H,6,8H2,1H3,(H,23,25)(H,21,22,24). The number of hydrogen-bond donors (Lipinski definition) is 2. The lowest BCUT2D eigenvalue weighted by atomic mass is 10.1. The van der Waals surface area contributed by atoms with Crippen LogP contribution in [-0.4, -0.2) is 15.9 Å². The maximum Gasteiger partial charge on any atom is 0.263 e. The van der Waals surface area contributed by atoms with Crippen molar-refractivity contribution in [3.8, 4) is 0 Å². The Kier molecular flexibility index (Phi) is 4.61. The monoisotopic (exact) mass is 384 g/mol. The molecule has 1 amide bonds. The summed E-state index contributed by atoms with van der Waals surface area (Å²) in [7, 11) is 0. The van der Waals surface area contributed by atoms with Gasteiger partial charge in [0.15, 0.2) is 5.13 Å². The van der Waals surface area contributed by atoms with E-state index in [-0.39, 0.29) is 11.9 Å². The maximum absolute atomic E-state index is 12.7. The highest BCUT2D eigenvalue weighted by Crippen LogP contribution is 2.32. The molecule has 2 heterocycles. The fraction of sp³-hybridized carbons (Fsp3) is 0.211. The van der Waals surface area contributed by atoms with Crippen molar-refractivity contribution >= 4 is 39.8 Å². The third-order valence-electron chi connectivity index (χ3n) is 4.40. The molecule has 4 rings (SSSR count). The van der Waals surface area contributed by atoms with Gasteiger partial charge in [-0.2, -0.15) is 0 Å². The number of aromatic nitrogens is 2. The molecule has 1 aromatic carbocycles. The van der Waals surface area contributed by atoms with E-state index in [1.807, 2.05) is 19.1 Å². The zero-order chi connectivity index (χ0) is 18.1.